The molecule has 0 aromatic rings. The van der Waals surface area contributed by atoms with E-state index in [4.69, 9.17) is 37.0 Å². The highest BCUT2D eigenvalue weighted by atomic mass is 31.2. The Kier molecular flexibility index (Phi) is 71.5. The molecular weight excluding hydrogens is 1340 g/mol. The molecule has 0 fully saturated rings. The first-order chi connectivity index (χ1) is 49.7. The van der Waals surface area contributed by atoms with Crippen molar-refractivity contribution in [3.05, 3.63) is 0 Å². The number of unbranched alkanes of at least 4 members (excludes halogenated alkanes) is 45. The van der Waals surface area contributed by atoms with Gasteiger partial charge in [-0.2, -0.15) is 0 Å². The molecule has 5 unspecified atom stereocenters. The summed E-state index contributed by atoms with van der Waals surface area (Å²) in [6.45, 7) is 14.3. The Morgan fingerprint density at radius 3 is 0.689 bits per heavy atom. The largest absolute Gasteiger partial charge is 0.472 e. The maximum absolute atomic E-state index is 13.1. The van der Waals surface area contributed by atoms with Gasteiger partial charge >= 0.3 is 39.5 Å². The van der Waals surface area contributed by atoms with Crippen LogP contribution in [0.2, 0.25) is 0 Å². The van der Waals surface area contributed by atoms with Crippen LogP contribution in [0.25, 0.3) is 0 Å². The highest BCUT2D eigenvalue weighted by Gasteiger charge is 2.30. The van der Waals surface area contributed by atoms with Gasteiger partial charge in [0.15, 0.2) is 12.2 Å². The molecule has 0 aliphatic rings. The van der Waals surface area contributed by atoms with Crippen molar-refractivity contribution in [3.8, 4) is 0 Å². The first-order valence-corrected chi connectivity index (χ1v) is 46.3. The lowest BCUT2D eigenvalue weighted by molar-refractivity contribution is -0.161. The minimum Gasteiger partial charge on any atom is -0.462 e. The van der Waals surface area contributed by atoms with Crippen LogP contribution >= 0.6 is 15.6 Å². The fraction of sp³-hybridized carbons (Fsp3) is 0.952. The van der Waals surface area contributed by atoms with Gasteiger partial charge in [0.05, 0.1) is 26.4 Å². The lowest BCUT2D eigenvalue weighted by Gasteiger charge is -2.21. The van der Waals surface area contributed by atoms with Crippen LogP contribution in [0.3, 0.4) is 0 Å². The van der Waals surface area contributed by atoms with E-state index < -0.39 is 97.5 Å². The van der Waals surface area contributed by atoms with E-state index in [9.17, 15) is 43.2 Å². The van der Waals surface area contributed by atoms with E-state index in [1.54, 1.807) is 0 Å². The average Bonchev–Trinajstić information content (AvgIpc) is 0.927. The number of esters is 4. The van der Waals surface area contributed by atoms with E-state index in [-0.39, 0.29) is 25.7 Å². The smallest absolute Gasteiger partial charge is 0.462 e. The molecule has 17 nitrogen and oxygen atoms in total. The predicted octanol–water partition coefficient (Wildman–Crippen LogP) is 25.2. The van der Waals surface area contributed by atoms with Crippen LogP contribution < -0.4 is 0 Å². The Morgan fingerprint density at radius 1 is 0.272 bits per heavy atom. The molecule has 0 rings (SSSR count). The molecular formula is C84H164O17P2. The van der Waals surface area contributed by atoms with Gasteiger partial charge in [0, 0.05) is 25.7 Å². The van der Waals surface area contributed by atoms with Gasteiger partial charge in [-0.25, -0.2) is 9.13 Å². The number of aliphatic hydroxyl groups excluding tert-OH is 1. The lowest BCUT2D eigenvalue weighted by Crippen LogP contribution is -2.30. The van der Waals surface area contributed by atoms with E-state index in [2.05, 4.69) is 55.4 Å². The summed E-state index contributed by atoms with van der Waals surface area (Å²) in [5.41, 5.74) is 0. The topological polar surface area (TPSA) is 237 Å². The molecule has 0 spiro atoms. The number of carbonyl (C=O) groups is 4. The highest BCUT2D eigenvalue weighted by molar-refractivity contribution is 7.47. The summed E-state index contributed by atoms with van der Waals surface area (Å²) in [5, 5.41) is 10.7. The quantitative estimate of drug-likeness (QED) is 0.0222. The minimum absolute atomic E-state index is 0.107. The number of aliphatic hydroxyl groups is 1. The van der Waals surface area contributed by atoms with E-state index in [0.717, 1.165) is 114 Å². The van der Waals surface area contributed by atoms with E-state index in [0.29, 0.717) is 31.6 Å². The fourth-order valence-electron chi connectivity index (χ4n) is 12.9. The van der Waals surface area contributed by atoms with Crippen molar-refractivity contribution in [2.45, 2.75) is 453 Å². The van der Waals surface area contributed by atoms with Crippen molar-refractivity contribution in [1.29, 1.82) is 0 Å². The summed E-state index contributed by atoms with van der Waals surface area (Å²) < 4.78 is 68.8. The standard InChI is InChI=1S/C84H164O17P2/c1-9-76(7)62-54-46-38-30-26-22-18-13-11-12-14-19-23-27-31-41-50-58-67-84(89)101-80(71-95-82(87)65-57-49-43-35-37-45-53-61-75(5)6)73-99-103(92,93)97-69-78(85)68-96-102(90,91)98-72-79(70-94-81(86)64-56-48-40-34-33-39-47-55-63-77(8)10-2)100-83(88)66-59-51-42-32-28-24-20-16-15-17-21-25-29-36-44-52-60-74(3)4/h74-80,85H,9-73H2,1-8H3,(H,90,91)(H,92,93)/t76?,77?,78?,79-,80-/m1/s1. The molecule has 0 aromatic heterocycles. The summed E-state index contributed by atoms with van der Waals surface area (Å²) >= 11 is 0. The molecule has 103 heavy (non-hydrogen) atoms. The first kappa shape index (κ1) is 101. The number of phosphoric ester groups is 2. The van der Waals surface area contributed by atoms with E-state index >= 15 is 0 Å². The monoisotopic (exact) mass is 1510 g/mol. The fourth-order valence-corrected chi connectivity index (χ4v) is 14.5. The number of carbonyl (C=O) groups excluding carboxylic acids is 4. The zero-order valence-corrected chi connectivity index (χ0v) is 69.7. The van der Waals surface area contributed by atoms with Crippen LogP contribution in [0.4, 0.5) is 0 Å². The third-order valence-corrected chi connectivity index (χ3v) is 22.2. The molecule has 7 atom stereocenters. The Labute approximate surface area is 632 Å². The molecule has 3 N–H and O–H groups in total. The van der Waals surface area contributed by atoms with Crippen molar-refractivity contribution in [1.82, 2.24) is 0 Å². The summed E-state index contributed by atoms with van der Waals surface area (Å²) in [6, 6.07) is 0. The third-order valence-electron chi connectivity index (χ3n) is 20.3. The Bertz CT molecular complexity index is 2010. The summed E-state index contributed by atoms with van der Waals surface area (Å²) in [7, 11) is -9.93. The highest BCUT2D eigenvalue weighted by Crippen LogP contribution is 2.45. The number of hydrogen-bond acceptors (Lipinski definition) is 15. The molecule has 0 heterocycles. The third kappa shape index (κ3) is 75.3. The molecule has 0 saturated heterocycles. The zero-order chi connectivity index (χ0) is 76.0. The zero-order valence-electron chi connectivity index (χ0n) is 68.0. The second-order valence-electron chi connectivity index (χ2n) is 31.7. The number of ether oxygens (including phenoxy) is 4. The van der Waals surface area contributed by atoms with E-state index in [1.165, 1.54) is 231 Å². The number of hydrogen-bond donors (Lipinski definition) is 3. The van der Waals surface area contributed by atoms with Gasteiger partial charge in [-0.3, -0.25) is 37.3 Å². The van der Waals surface area contributed by atoms with Crippen molar-refractivity contribution in [2.24, 2.45) is 23.7 Å². The molecule has 19 heteroatoms. The van der Waals surface area contributed by atoms with Gasteiger partial charge < -0.3 is 33.8 Å². The Morgan fingerprint density at radius 2 is 0.466 bits per heavy atom. The minimum atomic E-state index is -4.96. The van der Waals surface area contributed by atoms with Crippen molar-refractivity contribution in [3.63, 3.8) is 0 Å². The predicted molar refractivity (Wildman–Crippen MR) is 423 cm³/mol. The average molecular weight is 1510 g/mol. The molecule has 0 amide bonds. The van der Waals surface area contributed by atoms with Crippen molar-refractivity contribution < 1.29 is 80.2 Å². The summed E-state index contributed by atoms with van der Waals surface area (Å²) in [5.74, 6) is 1.05. The van der Waals surface area contributed by atoms with Crippen LogP contribution in [0, 0.1) is 23.7 Å². The Balaban J connectivity index is 5.18. The molecule has 612 valence electrons. The van der Waals surface area contributed by atoms with Gasteiger partial charge in [0.25, 0.3) is 0 Å². The molecule has 0 aromatic carbocycles. The van der Waals surface area contributed by atoms with Crippen LogP contribution in [0.15, 0.2) is 0 Å². The summed E-state index contributed by atoms with van der Waals surface area (Å²) in [4.78, 5) is 73.1. The van der Waals surface area contributed by atoms with E-state index in [1.807, 2.05) is 0 Å². The van der Waals surface area contributed by atoms with Gasteiger partial charge in [0.2, 0.25) is 0 Å². The number of phosphoric acid groups is 2. The lowest BCUT2D eigenvalue weighted by atomic mass is 9.99. The molecule has 0 aliphatic heterocycles. The van der Waals surface area contributed by atoms with Crippen LogP contribution in [0.5, 0.6) is 0 Å². The van der Waals surface area contributed by atoms with Crippen LogP contribution in [-0.2, 0) is 65.4 Å². The molecule has 0 radical (unpaired) electrons. The second-order valence-corrected chi connectivity index (χ2v) is 34.6. The van der Waals surface area contributed by atoms with Crippen LogP contribution in [-0.4, -0.2) is 96.7 Å². The SMILES string of the molecule is CCC(C)CCCCCCCCCCCCCCCCCCCCC(=O)O[C@H](COC(=O)CCCCCCCCCC(C)C)COP(=O)(O)OCC(O)COP(=O)(O)OC[C@@H](COC(=O)CCCCCCCCCCC(C)CC)OC(=O)CCCCCCCCCCCCCCCCCCC(C)C. The maximum Gasteiger partial charge on any atom is 0.472 e. The Hall–Kier alpha value is -1.94. The molecule has 0 aliphatic carbocycles. The first-order valence-electron chi connectivity index (χ1n) is 43.3. The van der Waals surface area contributed by atoms with Gasteiger partial charge in [-0.15, -0.1) is 0 Å². The van der Waals surface area contributed by atoms with Crippen molar-refractivity contribution >= 4 is 39.5 Å². The van der Waals surface area contributed by atoms with Crippen molar-refractivity contribution in [2.75, 3.05) is 39.6 Å². The summed E-state index contributed by atoms with van der Waals surface area (Å²) in [6.07, 6.45) is 61.2. The molecule has 0 saturated carbocycles. The van der Waals surface area contributed by atoms with Gasteiger partial charge in [-0.1, -0.05) is 383 Å². The number of rotatable bonds is 81. The van der Waals surface area contributed by atoms with Gasteiger partial charge in [-0.05, 0) is 49.4 Å². The van der Waals surface area contributed by atoms with Gasteiger partial charge in [0.1, 0.15) is 19.3 Å². The maximum atomic E-state index is 13.1. The normalized spacial score (nSPS) is 14.5. The second kappa shape index (κ2) is 72.9. The van der Waals surface area contributed by atoms with Crippen LogP contribution in [0.1, 0.15) is 434 Å². The molecule has 0 bridgehead atoms.